The Labute approximate surface area is 136 Å². The lowest BCUT2D eigenvalue weighted by molar-refractivity contribution is -0.121. The molecule has 2 aromatic rings. The molecule has 0 aliphatic rings. The van der Waals surface area contributed by atoms with Gasteiger partial charge in [-0.3, -0.25) is 4.79 Å². The summed E-state index contributed by atoms with van der Waals surface area (Å²) in [6, 6.07) is 2.03. The van der Waals surface area contributed by atoms with Gasteiger partial charge in [0.05, 0.1) is 5.02 Å². The largest absolute Gasteiger partial charge is 0.358 e. The molecule has 0 saturated heterocycles. The molecular weight excluding hydrogens is 349 g/mol. The van der Waals surface area contributed by atoms with E-state index in [1.54, 1.807) is 0 Å². The fourth-order valence-electron chi connectivity index (χ4n) is 1.66. The Hall–Kier alpha value is -2.20. The zero-order valence-corrected chi connectivity index (χ0v) is 13.7. The second-order valence-corrected chi connectivity index (χ2v) is 6.63. The molecule has 0 unspecified atom stereocenters. The first-order valence-corrected chi connectivity index (χ1v) is 8.17. The van der Waals surface area contributed by atoms with Crippen molar-refractivity contribution in [1.82, 2.24) is 20.1 Å². The molecule has 0 fully saturated rings. The van der Waals surface area contributed by atoms with Crippen LogP contribution in [0, 0.1) is 12.7 Å². The minimum atomic E-state index is -4.09. The van der Waals surface area contributed by atoms with E-state index in [1.807, 2.05) is 0 Å². The van der Waals surface area contributed by atoms with Crippen LogP contribution in [0.25, 0.3) is 0 Å². The Balaban J connectivity index is 2.25. The van der Waals surface area contributed by atoms with Crippen LogP contribution in [0.3, 0.4) is 0 Å². The number of likely N-dealkylation sites (N-methyl/N-ethyl adjacent to an activating group) is 1. The summed E-state index contributed by atoms with van der Waals surface area (Å²) >= 11 is 5.79. The van der Waals surface area contributed by atoms with Crippen LogP contribution in [0.15, 0.2) is 23.4 Å². The number of rotatable bonds is 5. The van der Waals surface area contributed by atoms with Crippen molar-refractivity contribution in [2.75, 3.05) is 11.8 Å². The van der Waals surface area contributed by atoms with E-state index < -0.39 is 15.8 Å². The normalized spacial score (nSPS) is 11.3. The molecule has 0 aliphatic carbocycles. The van der Waals surface area contributed by atoms with E-state index in [9.17, 15) is 17.6 Å². The molecule has 124 valence electrons. The molecule has 1 aromatic heterocycles. The van der Waals surface area contributed by atoms with Crippen molar-refractivity contribution in [3.63, 3.8) is 0 Å². The lowest BCUT2D eigenvalue weighted by atomic mass is 10.2. The van der Waals surface area contributed by atoms with Crippen LogP contribution in [-0.4, -0.2) is 36.1 Å². The molecule has 2 rings (SSSR count). The zero-order valence-electron chi connectivity index (χ0n) is 12.2. The molecule has 1 amide bonds. The summed E-state index contributed by atoms with van der Waals surface area (Å²) in [5.74, 6) is -1.16. The van der Waals surface area contributed by atoms with Crippen LogP contribution in [0.4, 0.5) is 10.3 Å². The summed E-state index contributed by atoms with van der Waals surface area (Å²) in [6.07, 6.45) is 1.20. The van der Waals surface area contributed by atoms with Crippen molar-refractivity contribution in [3.05, 3.63) is 34.9 Å². The maximum atomic E-state index is 13.4. The van der Waals surface area contributed by atoms with Crippen LogP contribution in [0.1, 0.15) is 5.56 Å². The highest BCUT2D eigenvalue weighted by molar-refractivity contribution is 7.92. The van der Waals surface area contributed by atoms with Gasteiger partial charge in [-0.15, -0.1) is 5.10 Å². The molecule has 0 bridgehead atoms. The Morgan fingerprint density at radius 3 is 2.78 bits per heavy atom. The highest BCUT2D eigenvalue weighted by atomic mass is 35.5. The van der Waals surface area contributed by atoms with Gasteiger partial charge in [0, 0.05) is 7.05 Å². The van der Waals surface area contributed by atoms with E-state index in [1.165, 1.54) is 20.3 Å². The van der Waals surface area contributed by atoms with E-state index in [-0.39, 0.29) is 33.9 Å². The van der Waals surface area contributed by atoms with E-state index in [2.05, 4.69) is 20.1 Å². The predicted molar refractivity (Wildman–Crippen MR) is 81.0 cm³/mol. The van der Waals surface area contributed by atoms with Crippen LogP contribution >= 0.6 is 11.6 Å². The highest BCUT2D eigenvalue weighted by Gasteiger charge is 2.21. The summed E-state index contributed by atoms with van der Waals surface area (Å²) in [7, 11) is -2.63. The average Bonchev–Trinajstić information content (AvgIpc) is 2.88. The topological polar surface area (TPSA) is 106 Å². The summed E-state index contributed by atoms with van der Waals surface area (Å²) in [5, 5.41) is 5.95. The van der Waals surface area contributed by atoms with Crippen molar-refractivity contribution < 1.29 is 17.6 Å². The number of carbonyl (C=O) groups excluding carboxylic acids is 1. The van der Waals surface area contributed by atoms with Crippen molar-refractivity contribution in [2.45, 2.75) is 18.4 Å². The Morgan fingerprint density at radius 1 is 1.43 bits per heavy atom. The van der Waals surface area contributed by atoms with Crippen LogP contribution in [0.2, 0.25) is 5.02 Å². The molecule has 2 N–H and O–H groups in total. The van der Waals surface area contributed by atoms with Gasteiger partial charge in [-0.05, 0) is 24.6 Å². The highest BCUT2D eigenvalue weighted by Crippen LogP contribution is 2.25. The van der Waals surface area contributed by atoms with Gasteiger partial charge in [-0.2, -0.15) is 4.98 Å². The van der Waals surface area contributed by atoms with Gasteiger partial charge < -0.3 is 5.32 Å². The van der Waals surface area contributed by atoms with E-state index in [0.29, 0.717) is 0 Å². The van der Waals surface area contributed by atoms with Crippen LogP contribution < -0.4 is 10.0 Å². The third-order valence-corrected chi connectivity index (χ3v) is 4.64. The number of aromatic nitrogens is 3. The van der Waals surface area contributed by atoms with Crippen molar-refractivity contribution >= 4 is 33.5 Å². The molecule has 0 radical (unpaired) electrons. The minimum Gasteiger partial charge on any atom is -0.358 e. The predicted octanol–water partition coefficient (Wildman–Crippen LogP) is 0.926. The molecular formula is C12H13ClFN5O3S. The molecule has 0 spiro atoms. The number of carbonyl (C=O) groups is 1. The van der Waals surface area contributed by atoms with Crippen molar-refractivity contribution in [1.29, 1.82) is 0 Å². The van der Waals surface area contributed by atoms with Crippen molar-refractivity contribution in [2.24, 2.45) is 0 Å². The van der Waals surface area contributed by atoms with Gasteiger partial charge in [0.15, 0.2) is 0 Å². The second-order valence-electron chi connectivity index (χ2n) is 4.58. The van der Waals surface area contributed by atoms with Gasteiger partial charge in [0.25, 0.3) is 16.0 Å². The maximum absolute atomic E-state index is 13.4. The molecule has 0 saturated carbocycles. The fourth-order valence-corrected chi connectivity index (χ4v) is 3.20. The molecule has 1 aromatic carbocycles. The third-order valence-electron chi connectivity index (χ3n) is 2.85. The first-order chi connectivity index (χ1) is 10.7. The standard InChI is InChI=1S/C12H13ClFN5O3S/c1-7-3-10(8(13)4-9(7)14)23(21,22)18-12-16-6-19(17-12)5-11(20)15-2/h3-4,6H,5H2,1-2H3,(H,15,20)(H,17,18). The lowest BCUT2D eigenvalue weighted by Gasteiger charge is -2.08. The summed E-state index contributed by atoms with van der Waals surface area (Å²) < 4.78 is 41.2. The molecule has 11 heteroatoms. The van der Waals surface area contributed by atoms with E-state index in [4.69, 9.17) is 11.6 Å². The lowest BCUT2D eigenvalue weighted by Crippen LogP contribution is -2.23. The zero-order chi connectivity index (χ0) is 17.2. The third kappa shape index (κ3) is 3.96. The van der Waals surface area contributed by atoms with Crippen LogP contribution in [-0.2, 0) is 21.4 Å². The first-order valence-electron chi connectivity index (χ1n) is 6.31. The summed E-state index contributed by atoms with van der Waals surface area (Å²) in [5.41, 5.74) is 0.132. The number of nitrogens with one attached hydrogen (secondary N) is 2. The Bertz CT molecular complexity index is 852. The van der Waals surface area contributed by atoms with Gasteiger partial charge in [0.2, 0.25) is 5.91 Å². The van der Waals surface area contributed by atoms with Gasteiger partial charge in [-0.25, -0.2) is 22.2 Å². The first kappa shape index (κ1) is 17.2. The van der Waals surface area contributed by atoms with Crippen LogP contribution in [0.5, 0.6) is 0 Å². The van der Waals surface area contributed by atoms with E-state index >= 15 is 0 Å². The smallest absolute Gasteiger partial charge is 0.265 e. The fraction of sp³-hybridized carbons (Fsp3) is 0.250. The Morgan fingerprint density at radius 2 is 2.13 bits per heavy atom. The van der Waals surface area contributed by atoms with Crippen molar-refractivity contribution in [3.8, 4) is 0 Å². The summed E-state index contributed by atoms with van der Waals surface area (Å²) in [4.78, 5) is 14.7. The second kappa shape index (κ2) is 6.50. The Kier molecular flexibility index (Phi) is 4.85. The van der Waals surface area contributed by atoms with Gasteiger partial charge in [-0.1, -0.05) is 11.6 Å². The molecule has 23 heavy (non-hydrogen) atoms. The number of anilines is 1. The number of sulfonamides is 1. The van der Waals surface area contributed by atoms with Gasteiger partial charge in [0.1, 0.15) is 23.6 Å². The number of amides is 1. The van der Waals surface area contributed by atoms with E-state index in [0.717, 1.165) is 16.8 Å². The molecule has 0 atom stereocenters. The number of hydrogen-bond donors (Lipinski definition) is 2. The minimum absolute atomic E-state index is 0.109. The number of halogens is 2. The number of nitrogens with zero attached hydrogens (tertiary/aromatic N) is 3. The monoisotopic (exact) mass is 361 g/mol. The quantitative estimate of drug-likeness (QED) is 0.823. The molecule has 0 aliphatic heterocycles. The molecule has 8 nitrogen and oxygen atoms in total. The number of benzene rings is 1. The number of aryl methyl sites for hydroxylation is 1. The summed E-state index contributed by atoms with van der Waals surface area (Å²) in [6.45, 7) is 1.31. The molecule has 1 heterocycles. The van der Waals surface area contributed by atoms with Gasteiger partial charge >= 0.3 is 0 Å². The average molecular weight is 362 g/mol. The maximum Gasteiger partial charge on any atom is 0.265 e. The number of hydrogen-bond acceptors (Lipinski definition) is 5. The SMILES string of the molecule is CNC(=O)Cn1cnc(NS(=O)(=O)c2cc(C)c(F)cc2Cl)n1.